The monoisotopic (exact) mass is 352 g/mol. The summed E-state index contributed by atoms with van der Waals surface area (Å²) in [6, 6.07) is 3.63. The van der Waals surface area contributed by atoms with Crippen LogP contribution in [0.3, 0.4) is 0 Å². The smallest absolute Gasteiger partial charge is 0.264 e. The fourth-order valence-corrected chi connectivity index (χ4v) is 2.37. The number of rotatable bonds is 1. The Labute approximate surface area is 109 Å². The highest BCUT2D eigenvalue weighted by Gasteiger charge is 2.08. The van der Waals surface area contributed by atoms with Crippen molar-refractivity contribution < 1.29 is 0 Å². The number of nitrogens with one attached hydrogen (secondary N) is 1. The van der Waals surface area contributed by atoms with Crippen LogP contribution in [-0.2, 0) is 0 Å². The molecule has 1 N–H and O–H groups in total. The van der Waals surface area contributed by atoms with Gasteiger partial charge in [-0.15, -0.1) is 11.3 Å². The molecule has 0 atom stereocenters. The van der Waals surface area contributed by atoms with Crippen molar-refractivity contribution in [3.63, 3.8) is 0 Å². The Balaban J connectivity index is 2.60. The largest absolute Gasteiger partial charge is 0.305 e. The number of aromatic amines is 1. The van der Waals surface area contributed by atoms with E-state index in [2.05, 4.69) is 9.97 Å². The molecule has 2 aromatic heterocycles. The minimum atomic E-state index is -0.109. The molecule has 0 aliphatic rings. The molecular formula is C9H6ClIN2OS. The van der Waals surface area contributed by atoms with Crippen LogP contribution < -0.4 is 5.56 Å². The summed E-state index contributed by atoms with van der Waals surface area (Å²) in [7, 11) is 0. The molecule has 0 radical (unpaired) electrons. The van der Waals surface area contributed by atoms with Crippen molar-refractivity contribution in [2.45, 2.75) is 6.92 Å². The van der Waals surface area contributed by atoms with Crippen LogP contribution in [-0.4, -0.2) is 9.97 Å². The molecule has 2 heterocycles. The molecule has 0 spiro atoms. The van der Waals surface area contributed by atoms with Gasteiger partial charge in [0.25, 0.3) is 5.56 Å². The molecule has 0 fully saturated rings. The molecule has 0 bridgehead atoms. The number of H-pyrrole nitrogens is 1. The van der Waals surface area contributed by atoms with E-state index in [1.54, 1.807) is 6.07 Å². The first-order valence-corrected chi connectivity index (χ1v) is 6.37. The molecule has 2 aromatic rings. The second-order valence-corrected chi connectivity index (χ2v) is 5.71. The third-order valence-electron chi connectivity index (χ3n) is 1.84. The Bertz CT molecular complexity index is 563. The number of nitrogens with zero attached hydrogens (tertiary/aromatic N) is 1. The molecule has 0 amide bonds. The second-order valence-electron chi connectivity index (χ2n) is 2.92. The number of aromatic nitrogens is 2. The van der Waals surface area contributed by atoms with Gasteiger partial charge in [-0.2, -0.15) is 0 Å². The molecule has 6 heteroatoms. The zero-order valence-electron chi connectivity index (χ0n) is 7.67. The molecule has 0 saturated heterocycles. The summed E-state index contributed by atoms with van der Waals surface area (Å²) < 4.78 is 1.31. The summed E-state index contributed by atoms with van der Waals surface area (Å²) in [5.74, 6) is 0.579. The zero-order chi connectivity index (χ0) is 11.0. The van der Waals surface area contributed by atoms with Crippen molar-refractivity contribution in [2.24, 2.45) is 0 Å². The molecule has 0 aliphatic heterocycles. The quantitative estimate of drug-likeness (QED) is 0.802. The second kappa shape index (κ2) is 4.23. The Hall–Kier alpha value is -0.400. The number of hydrogen-bond donors (Lipinski definition) is 1. The van der Waals surface area contributed by atoms with Gasteiger partial charge in [-0.25, -0.2) is 4.98 Å². The van der Waals surface area contributed by atoms with Crippen LogP contribution in [0.4, 0.5) is 0 Å². The Kier molecular flexibility index (Phi) is 3.13. The van der Waals surface area contributed by atoms with E-state index < -0.39 is 0 Å². The minimum Gasteiger partial charge on any atom is -0.305 e. The van der Waals surface area contributed by atoms with Crippen LogP contribution >= 0.6 is 45.5 Å². The molecule has 0 unspecified atom stereocenters. The fraction of sp³-hybridized carbons (Fsp3) is 0.111. The van der Waals surface area contributed by atoms with E-state index in [4.69, 9.17) is 11.6 Å². The van der Waals surface area contributed by atoms with Crippen LogP contribution in [0.25, 0.3) is 10.7 Å². The molecule has 0 saturated carbocycles. The van der Waals surface area contributed by atoms with Gasteiger partial charge in [-0.1, -0.05) is 11.6 Å². The first-order valence-electron chi connectivity index (χ1n) is 4.10. The van der Waals surface area contributed by atoms with E-state index in [1.807, 2.05) is 35.6 Å². The van der Waals surface area contributed by atoms with Crippen LogP contribution in [0.1, 0.15) is 5.69 Å². The van der Waals surface area contributed by atoms with Gasteiger partial charge in [0.1, 0.15) is 0 Å². The molecule has 0 aromatic carbocycles. The van der Waals surface area contributed by atoms with Gasteiger partial charge in [0.2, 0.25) is 0 Å². The maximum atomic E-state index is 11.5. The minimum absolute atomic E-state index is 0.109. The van der Waals surface area contributed by atoms with Gasteiger partial charge in [-0.3, -0.25) is 4.79 Å². The average molecular weight is 353 g/mol. The third kappa shape index (κ3) is 2.24. The van der Waals surface area contributed by atoms with E-state index >= 15 is 0 Å². The number of aryl methyl sites for hydroxylation is 1. The Morgan fingerprint density at radius 3 is 2.80 bits per heavy atom. The SMILES string of the molecule is Cc1nc(-c2ccc(Cl)s2)[nH]c(=O)c1I. The van der Waals surface area contributed by atoms with Crippen molar-refractivity contribution >= 4 is 45.5 Å². The van der Waals surface area contributed by atoms with Gasteiger partial charge >= 0.3 is 0 Å². The van der Waals surface area contributed by atoms with E-state index in [9.17, 15) is 4.79 Å². The maximum absolute atomic E-state index is 11.5. The van der Waals surface area contributed by atoms with Crippen LogP contribution in [0.15, 0.2) is 16.9 Å². The van der Waals surface area contributed by atoms with E-state index in [-0.39, 0.29) is 5.56 Å². The zero-order valence-corrected chi connectivity index (χ0v) is 11.4. The third-order valence-corrected chi connectivity index (χ3v) is 4.34. The first kappa shape index (κ1) is 11.1. The normalized spacial score (nSPS) is 10.6. The number of thiophene rings is 1. The van der Waals surface area contributed by atoms with Crippen molar-refractivity contribution in [3.05, 3.63) is 36.1 Å². The summed E-state index contributed by atoms with van der Waals surface area (Å²) in [6.07, 6.45) is 0. The van der Waals surface area contributed by atoms with E-state index in [0.29, 0.717) is 13.7 Å². The van der Waals surface area contributed by atoms with E-state index in [1.165, 1.54) is 11.3 Å². The highest BCUT2D eigenvalue weighted by Crippen LogP contribution is 2.28. The lowest BCUT2D eigenvalue weighted by molar-refractivity contribution is 1.06. The lowest BCUT2D eigenvalue weighted by atomic mass is 10.4. The van der Waals surface area contributed by atoms with E-state index in [0.717, 1.165) is 10.6 Å². The van der Waals surface area contributed by atoms with Crippen LogP contribution in [0.5, 0.6) is 0 Å². The predicted molar refractivity (Wildman–Crippen MR) is 70.6 cm³/mol. The standard InChI is InChI=1S/C9H6ClIN2OS/c1-4-7(11)9(14)13-8(12-4)5-2-3-6(10)15-5/h2-3H,1H3,(H,12,13,14). The predicted octanol–water partition coefficient (Wildman–Crippen LogP) is 3.06. The Morgan fingerprint density at radius 1 is 1.53 bits per heavy atom. The van der Waals surface area contributed by atoms with Crippen molar-refractivity contribution in [1.29, 1.82) is 0 Å². The van der Waals surface area contributed by atoms with Gasteiger partial charge in [0, 0.05) is 0 Å². The lowest BCUT2D eigenvalue weighted by Gasteiger charge is -2.00. The first-order chi connectivity index (χ1) is 7.08. The number of hydrogen-bond acceptors (Lipinski definition) is 3. The molecule has 2 rings (SSSR count). The van der Waals surface area contributed by atoms with Gasteiger partial charge in [0.15, 0.2) is 5.82 Å². The summed E-state index contributed by atoms with van der Waals surface area (Å²) >= 11 is 9.19. The van der Waals surface area contributed by atoms with Crippen LogP contribution in [0.2, 0.25) is 4.34 Å². The summed E-state index contributed by atoms with van der Waals surface area (Å²) in [5.41, 5.74) is 0.626. The molecular weight excluding hydrogens is 347 g/mol. The Morgan fingerprint density at radius 2 is 2.27 bits per heavy atom. The molecule has 78 valence electrons. The van der Waals surface area contributed by atoms with Crippen LogP contribution in [0, 0.1) is 10.5 Å². The van der Waals surface area contributed by atoms with Gasteiger partial charge < -0.3 is 4.98 Å². The molecule has 15 heavy (non-hydrogen) atoms. The maximum Gasteiger partial charge on any atom is 0.264 e. The highest BCUT2D eigenvalue weighted by molar-refractivity contribution is 14.1. The summed E-state index contributed by atoms with van der Waals surface area (Å²) in [4.78, 5) is 19.4. The molecule has 3 nitrogen and oxygen atoms in total. The lowest BCUT2D eigenvalue weighted by Crippen LogP contribution is -2.14. The summed E-state index contributed by atoms with van der Waals surface area (Å²) in [5, 5.41) is 0. The fourth-order valence-electron chi connectivity index (χ4n) is 1.13. The highest BCUT2D eigenvalue weighted by atomic mass is 127. The van der Waals surface area contributed by atoms with Crippen molar-refractivity contribution in [2.75, 3.05) is 0 Å². The molecule has 0 aliphatic carbocycles. The van der Waals surface area contributed by atoms with Gasteiger partial charge in [0.05, 0.1) is 18.5 Å². The van der Waals surface area contributed by atoms with Gasteiger partial charge in [-0.05, 0) is 41.6 Å². The van der Waals surface area contributed by atoms with Crippen molar-refractivity contribution in [3.8, 4) is 10.7 Å². The average Bonchev–Trinajstić information content (AvgIpc) is 2.60. The topological polar surface area (TPSA) is 45.8 Å². The van der Waals surface area contributed by atoms with Crippen molar-refractivity contribution in [1.82, 2.24) is 9.97 Å². The summed E-state index contributed by atoms with van der Waals surface area (Å²) in [6.45, 7) is 1.82. The number of halogens is 2.